The van der Waals surface area contributed by atoms with Gasteiger partial charge in [-0.1, -0.05) is 90.9 Å². The van der Waals surface area contributed by atoms with Crippen LogP contribution in [0.5, 0.6) is 0 Å². The predicted octanol–water partition coefficient (Wildman–Crippen LogP) is 8.68. The maximum absolute atomic E-state index is 14.0. The number of carbonyl (C=O) groups is 2. The molecule has 50 heavy (non-hydrogen) atoms. The Balaban J connectivity index is 0.000000560. The first-order valence-electron chi connectivity index (χ1n) is 18.0. The predicted molar refractivity (Wildman–Crippen MR) is 209 cm³/mol. The molecule has 0 spiro atoms. The SMILES string of the molecule is C=C(N=CC1=C(C(C)CC)N(C)CCN(c2cccc(-n3cc(COC(C)(C)C)[nH]3)c2)C1=O)C(C)CC.CCC.O=CNCc1ccccc1. The van der Waals surface area contributed by atoms with Crippen molar-refractivity contribution in [1.82, 2.24) is 20.0 Å². The minimum Gasteiger partial charge on any atom is -0.375 e. The molecule has 274 valence electrons. The van der Waals surface area contributed by atoms with Crippen LogP contribution in [0.15, 0.2) is 89.3 Å². The molecule has 9 heteroatoms. The van der Waals surface area contributed by atoms with Gasteiger partial charge in [0, 0.05) is 50.0 Å². The van der Waals surface area contributed by atoms with E-state index in [1.165, 1.54) is 6.42 Å². The van der Waals surface area contributed by atoms with E-state index >= 15 is 0 Å². The first-order valence-corrected chi connectivity index (χ1v) is 18.0. The Morgan fingerprint density at radius 3 is 2.24 bits per heavy atom. The van der Waals surface area contributed by atoms with E-state index in [9.17, 15) is 9.59 Å². The van der Waals surface area contributed by atoms with Crippen molar-refractivity contribution < 1.29 is 14.3 Å². The van der Waals surface area contributed by atoms with Crippen LogP contribution in [0, 0.1) is 11.8 Å². The van der Waals surface area contributed by atoms with Crippen LogP contribution >= 0.6 is 0 Å². The summed E-state index contributed by atoms with van der Waals surface area (Å²) in [5, 5.41) is 5.92. The Labute approximate surface area is 301 Å². The van der Waals surface area contributed by atoms with Crippen molar-refractivity contribution in [3.63, 3.8) is 0 Å². The van der Waals surface area contributed by atoms with Gasteiger partial charge in [0.15, 0.2) is 0 Å². The second-order valence-electron chi connectivity index (χ2n) is 13.8. The van der Waals surface area contributed by atoms with Gasteiger partial charge in [-0.15, -0.1) is 0 Å². The molecule has 9 nitrogen and oxygen atoms in total. The molecule has 2 unspecified atom stereocenters. The van der Waals surface area contributed by atoms with E-state index in [2.05, 4.69) is 75.5 Å². The van der Waals surface area contributed by atoms with Gasteiger partial charge in [0.25, 0.3) is 5.91 Å². The number of hydrogen-bond donors (Lipinski definition) is 2. The van der Waals surface area contributed by atoms with Crippen molar-refractivity contribution >= 4 is 24.2 Å². The lowest BCUT2D eigenvalue weighted by Crippen LogP contribution is -2.34. The number of aliphatic imine (C=N–C) groups is 1. The van der Waals surface area contributed by atoms with Gasteiger partial charge in [-0.2, -0.15) is 0 Å². The maximum Gasteiger partial charge on any atom is 0.261 e. The number of rotatable bonds is 13. The summed E-state index contributed by atoms with van der Waals surface area (Å²) >= 11 is 0. The van der Waals surface area contributed by atoms with Crippen LogP contribution in [0.3, 0.4) is 0 Å². The van der Waals surface area contributed by atoms with Gasteiger partial charge in [0.05, 0.1) is 35.4 Å². The molecular weight excluding hydrogens is 624 g/mol. The number of H-pyrrole nitrogens is 1. The summed E-state index contributed by atoms with van der Waals surface area (Å²) in [6, 6.07) is 17.8. The molecule has 2 aromatic carbocycles. The van der Waals surface area contributed by atoms with Gasteiger partial charge in [0.1, 0.15) is 0 Å². The first-order chi connectivity index (χ1) is 23.8. The largest absolute Gasteiger partial charge is 0.375 e. The Kier molecular flexibility index (Phi) is 17.5. The molecule has 2 heterocycles. The lowest BCUT2D eigenvalue weighted by Gasteiger charge is -2.26. The van der Waals surface area contributed by atoms with E-state index in [1.807, 2.05) is 91.1 Å². The molecule has 1 aliphatic heterocycles. The fraction of sp³-hybridized carbons (Fsp3) is 0.488. The van der Waals surface area contributed by atoms with Crippen LogP contribution in [0.1, 0.15) is 92.8 Å². The number of nitrogens with zero attached hydrogens (tertiary/aromatic N) is 4. The number of hydrogen-bond acceptors (Lipinski definition) is 5. The van der Waals surface area contributed by atoms with Gasteiger partial charge < -0.3 is 19.9 Å². The number of nitrogens with one attached hydrogen (secondary N) is 2. The van der Waals surface area contributed by atoms with Crippen LogP contribution in [0.4, 0.5) is 5.69 Å². The minimum atomic E-state index is -0.188. The third kappa shape index (κ3) is 13.2. The highest BCUT2D eigenvalue weighted by Crippen LogP contribution is 2.29. The fourth-order valence-corrected chi connectivity index (χ4v) is 5.02. The van der Waals surface area contributed by atoms with Crippen LogP contribution < -0.4 is 10.2 Å². The summed E-state index contributed by atoms with van der Waals surface area (Å²) in [7, 11) is 2.07. The summed E-state index contributed by atoms with van der Waals surface area (Å²) < 4.78 is 7.80. The van der Waals surface area contributed by atoms with Crippen molar-refractivity contribution in [2.45, 2.75) is 100 Å². The summed E-state index contributed by atoms with van der Waals surface area (Å²) in [6.45, 7) is 25.6. The van der Waals surface area contributed by atoms with Crippen LogP contribution in [0.25, 0.3) is 5.69 Å². The molecule has 0 aliphatic carbocycles. The normalized spacial score (nSPS) is 14.7. The molecule has 2 amide bonds. The smallest absolute Gasteiger partial charge is 0.261 e. The van der Waals surface area contributed by atoms with E-state index in [0.29, 0.717) is 31.7 Å². The zero-order valence-electron chi connectivity index (χ0n) is 32.3. The van der Waals surface area contributed by atoms with E-state index in [4.69, 9.17) is 4.74 Å². The van der Waals surface area contributed by atoms with Crippen LogP contribution in [-0.4, -0.2) is 59.0 Å². The third-order valence-corrected chi connectivity index (χ3v) is 8.30. The van der Waals surface area contributed by atoms with Crippen molar-refractivity contribution in [1.29, 1.82) is 0 Å². The van der Waals surface area contributed by atoms with Crippen LogP contribution in [-0.2, 0) is 27.5 Å². The molecule has 3 aromatic rings. The molecule has 2 N–H and O–H groups in total. The molecule has 0 bridgehead atoms. The lowest BCUT2D eigenvalue weighted by molar-refractivity contribution is -0.114. The zero-order chi connectivity index (χ0) is 37.3. The maximum atomic E-state index is 14.0. The van der Waals surface area contributed by atoms with E-state index < -0.39 is 0 Å². The highest BCUT2D eigenvalue weighted by Gasteiger charge is 2.30. The molecular formula is C41H62N6O3. The summed E-state index contributed by atoms with van der Waals surface area (Å²) in [6.07, 6.45) is 7.64. The minimum absolute atomic E-state index is 0.0242. The second-order valence-corrected chi connectivity index (χ2v) is 13.8. The van der Waals surface area contributed by atoms with Crippen molar-refractivity contribution in [3.05, 3.63) is 95.6 Å². The standard InChI is InChI=1S/C30H45N5O2.C8H9NO.C3H8/c1-10-21(3)23(5)31-18-27-28(22(4)11-2)33(9)15-16-34(29(27)36)25-13-12-14-26(17-25)35-19-24(32-35)20-37-30(6,7)8;10-7-9-6-8-4-2-1-3-5-8;1-3-2/h12-14,17-19,21-22,32H,5,10-11,15-16,20H2,1-4,6-9H3;1-5,7H,6H2,(H,9,10);3H2,1-2H3. The first kappa shape index (κ1) is 41.8. The summed E-state index contributed by atoms with van der Waals surface area (Å²) in [5.74, 6) is 0.484. The van der Waals surface area contributed by atoms with Gasteiger partial charge in [0.2, 0.25) is 6.41 Å². The highest BCUT2D eigenvalue weighted by molar-refractivity contribution is 6.19. The monoisotopic (exact) mass is 686 g/mol. The fourth-order valence-electron chi connectivity index (χ4n) is 5.02. The molecule has 4 rings (SSSR count). The number of anilines is 1. The van der Waals surface area contributed by atoms with Gasteiger partial charge >= 0.3 is 0 Å². The average Bonchev–Trinajstić information content (AvgIpc) is 3.20. The Morgan fingerprint density at radius 2 is 1.66 bits per heavy atom. The van der Waals surface area contributed by atoms with Crippen molar-refractivity contribution in [2.75, 3.05) is 25.0 Å². The molecule has 0 fully saturated rings. The third-order valence-electron chi connectivity index (χ3n) is 8.30. The lowest BCUT2D eigenvalue weighted by atomic mass is 9.98. The molecule has 0 radical (unpaired) electrons. The van der Waals surface area contributed by atoms with E-state index in [-0.39, 0.29) is 23.3 Å². The second kappa shape index (κ2) is 21.0. The number of likely N-dealkylation sites (N-methyl/N-ethyl adjacent to an activating group) is 1. The van der Waals surface area contributed by atoms with Gasteiger partial charge in [-0.3, -0.25) is 24.4 Å². The average molecular weight is 687 g/mol. The quantitative estimate of drug-likeness (QED) is 0.139. The highest BCUT2D eigenvalue weighted by atomic mass is 16.5. The number of aromatic nitrogens is 2. The van der Waals surface area contributed by atoms with E-state index in [0.717, 1.165) is 53.4 Å². The number of amides is 2. The molecule has 1 aromatic heterocycles. The Hall–Kier alpha value is -4.37. The summed E-state index contributed by atoms with van der Waals surface area (Å²) in [5.41, 5.74) is 6.27. The molecule has 0 saturated heterocycles. The van der Waals surface area contributed by atoms with Crippen molar-refractivity contribution in [3.8, 4) is 5.69 Å². The number of allylic oxidation sites excluding steroid dienone is 2. The topological polar surface area (TPSA) is 95.0 Å². The summed E-state index contributed by atoms with van der Waals surface area (Å²) in [4.78, 5) is 32.6. The number of ether oxygens (including phenoxy) is 1. The van der Waals surface area contributed by atoms with E-state index in [1.54, 1.807) is 6.21 Å². The number of carbonyl (C=O) groups excluding carboxylic acids is 2. The van der Waals surface area contributed by atoms with Gasteiger partial charge in [-0.05, 0) is 69.2 Å². The van der Waals surface area contributed by atoms with Crippen molar-refractivity contribution in [2.24, 2.45) is 16.8 Å². The Morgan fingerprint density at radius 1 is 1.02 bits per heavy atom. The number of benzene rings is 2. The van der Waals surface area contributed by atoms with Gasteiger partial charge in [-0.25, -0.2) is 0 Å². The molecule has 1 aliphatic rings. The van der Waals surface area contributed by atoms with Crippen LogP contribution in [0.2, 0.25) is 0 Å². The molecule has 2 atom stereocenters. The number of aromatic amines is 1. The molecule has 0 saturated carbocycles. The Bertz CT molecular complexity index is 1520. The zero-order valence-corrected chi connectivity index (χ0v) is 32.3.